The molecule has 3 saturated carbocycles. The van der Waals surface area contributed by atoms with Crippen molar-refractivity contribution in [3.8, 4) is 0 Å². The minimum atomic E-state index is 0. The molecule has 0 spiro atoms. The first kappa shape index (κ1) is 44.6. The van der Waals surface area contributed by atoms with Crippen LogP contribution in [0.2, 0.25) is 0 Å². The summed E-state index contributed by atoms with van der Waals surface area (Å²) in [6.07, 6.45) is 17.7. The summed E-state index contributed by atoms with van der Waals surface area (Å²) < 4.78 is 0. The monoisotopic (exact) mass is 607 g/mol. The average Bonchev–Trinajstić information content (AvgIpc) is 2.97. The first-order valence-electron chi connectivity index (χ1n) is 17.8. The molecule has 3 aliphatic carbocycles. The molecule has 5 rings (SSSR count). The summed E-state index contributed by atoms with van der Waals surface area (Å²) in [5, 5.41) is 0. The van der Waals surface area contributed by atoms with Crippen molar-refractivity contribution in [3.63, 3.8) is 0 Å². The zero-order valence-electron chi connectivity index (χ0n) is 31.0. The molecule has 0 amide bonds. The first-order chi connectivity index (χ1) is 19.8. The van der Waals surface area contributed by atoms with E-state index in [4.69, 9.17) is 0 Å². The molecule has 0 saturated heterocycles. The van der Waals surface area contributed by atoms with Gasteiger partial charge in [-0.25, -0.2) is 0 Å². The predicted octanol–water partition coefficient (Wildman–Crippen LogP) is 14.2. The Morgan fingerprint density at radius 3 is 0.682 bits per heavy atom. The van der Waals surface area contributed by atoms with E-state index in [1.54, 1.807) is 0 Å². The van der Waals surface area contributed by atoms with Crippen molar-refractivity contribution in [1.29, 1.82) is 0 Å². The van der Waals surface area contributed by atoms with Gasteiger partial charge in [0.05, 0.1) is 0 Å². The highest BCUT2D eigenvalue weighted by Gasteiger charge is 2.14. The molecule has 3 aliphatic rings. The lowest BCUT2D eigenvalue weighted by atomic mass is 9.84. The molecule has 0 unspecified atom stereocenters. The summed E-state index contributed by atoms with van der Waals surface area (Å²) in [6.45, 7) is 27.1. The second-order valence-electron chi connectivity index (χ2n) is 15.2. The maximum Gasteiger partial charge on any atom is 0 e. The van der Waals surface area contributed by atoms with Crippen molar-refractivity contribution in [1.82, 2.24) is 0 Å². The molecule has 253 valence electrons. The van der Waals surface area contributed by atoms with Crippen LogP contribution in [0.3, 0.4) is 0 Å². The van der Waals surface area contributed by atoms with E-state index in [1.807, 2.05) is 0 Å². The van der Waals surface area contributed by atoms with E-state index in [0.29, 0.717) is 0 Å². The molecule has 0 aromatic heterocycles. The maximum absolute atomic E-state index is 2.37. The molecule has 0 N–H and O–H groups in total. The third-order valence-electron chi connectivity index (χ3n) is 10.5. The van der Waals surface area contributed by atoms with Crippen LogP contribution in [0.5, 0.6) is 0 Å². The Morgan fingerprint density at radius 2 is 0.523 bits per heavy atom. The number of aryl methyl sites for hydroxylation is 4. The van der Waals surface area contributed by atoms with Crippen molar-refractivity contribution < 1.29 is 1.43 Å². The van der Waals surface area contributed by atoms with Gasteiger partial charge in [0.1, 0.15) is 0 Å². The Bertz CT molecular complexity index is 815. The molecule has 44 heavy (non-hydrogen) atoms. The lowest BCUT2D eigenvalue weighted by Gasteiger charge is -2.22. The highest BCUT2D eigenvalue weighted by atomic mass is 14.2. The van der Waals surface area contributed by atoms with Gasteiger partial charge in [-0.3, -0.25) is 0 Å². The van der Waals surface area contributed by atoms with E-state index in [1.165, 1.54) is 110 Å². The van der Waals surface area contributed by atoms with Crippen LogP contribution in [0.1, 0.15) is 161 Å². The minimum Gasteiger partial charge on any atom is -0.0776 e. The van der Waals surface area contributed by atoms with Gasteiger partial charge in [0.15, 0.2) is 0 Å². The molecule has 2 aromatic carbocycles. The fourth-order valence-electron chi connectivity index (χ4n) is 6.01. The number of benzene rings is 2. The van der Waals surface area contributed by atoms with Gasteiger partial charge >= 0.3 is 0 Å². The van der Waals surface area contributed by atoms with Crippen molar-refractivity contribution >= 4 is 8.41 Å². The zero-order valence-corrected chi connectivity index (χ0v) is 31.0. The number of hydrogen-bond acceptors (Lipinski definition) is 0. The standard InChI is InChI=1S/C10H14.3C8H16.C8H10.CH4.B.H2/c1-7-5-6-8(2)10(4)9(7)3;4*1-7-3-5-8(2)6-4-7;;;/h5-6H,1-4H3;3*7-8H,3-6H2,1-2H3;3-6H,1-2H3;1H4;;1H/i;;;;;;;1+1. The Kier molecular flexibility index (Phi) is 25.1. The molecule has 2 aromatic rings. The van der Waals surface area contributed by atoms with Crippen molar-refractivity contribution in [3.05, 3.63) is 69.8 Å². The number of rotatable bonds is 0. The minimum absolute atomic E-state index is 0. The normalized spacial score (nSPS) is 25.6. The number of hydrogen-bond donors (Lipinski definition) is 0. The van der Waals surface area contributed by atoms with E-state index in [-0.39, 0.29) is 17.3 Å². The van der Waals surface area contributed by atoms with E-state index in [9.17, 15) is 0 Å². The van der Waals surface area contributed by atoms with E-state index >= 15 is 0 Å². The fourth-order valence-corrected chi connectivity index (χ4v) is 6.01. The Morgan fingerprint density at radius 1 is 0.364 bits per heavy atom. The van der Waals surface area contributed by atoms with Crippen LogP contribution >= 0.6 is 0 Å². The van der Waals surface area contributed by atoms with E-state index in [0.717, 1.165) is 35.5 Å². The second-order valence-corrected chi connectivity index (χ2v) is 15.2. The Balaban J connectivity index is -0.000000483. The van der Waals surface area contributed by atoms with Crippen LogP contribution in [0, 0.1) is 77.0 Å². The van der Waals surface area contributed by atoms with Gasteiger partial charge in [0.2, 0.25) is 0 Å². The first-order valence-corrected chi connectivity index (χ1v) is 17.8. The second kappa shape index (κ2) is 24.7. The fraction of sp³-hybridized carbons (Fsp3) is 0.721. The third kappa shape index (κ3) is 20.5. The van der Waals surface area contributed by atoms with Crippen LogP contribution in [0.25, 0.3) is 0 Å². The molecule has 0 nitrogen and oxygen atoms in total. The van der Waals surface area contributed by atoms with Gasteiger partial charge < -0.3 is 0 Å². The van der Waals surface area contributed by atoms with Gasteiger partial charge in [-0.15, -0.1) is 0 Å². The molecule has 0 atom stereocenters. The van der Waals surface area contributed by atoms with Gasteiger partial charge in [-0.05, 0) is 99.3 Å². The van der Waals surface area contributed by atoms with Crippen molar-refractivity contribution in [2.45, 2.75) is 168 Å². The van der Waals surface area contributed by atoms with Crippen LogP contribution in [0.15, 0.2) is 36.4 Å². The molecular formula is C43H78B. The third-order valence-corrected chi connectivity index (χ3v) is 10.5. The predicted molar refractivity (Wildman–Crippen MR) is 206 cm³/mol. The van der Waals surface area contributed by atoms with Crippen LogP contribution in [0.4, 0.5) is 0 Å². The summed E-state index contributed by atoms with van der Waals surface area (Å²) in [6, 6.07) is 12.8. The van der Waals surface area contributed by atoms with Crippen molar-refractivity contribution in [2.24, 2.45) is 35.5 Å². The quantitative estimate of drug-likeness (QED) is 0.262. The smallest absolute Gasteiger partial charge is 0 e. The van der Waals surface area contributed by atoms with E-state index in [2.05, 4.69) is 119 Å². The van der Waals surface area contributed by atoms with Crippen molar-refractivity contribution in [2.75, 3.05) is 0 Å². The SMILES string of the molecule is C.CC1CCC(C)CC1.CC1CCC(C)CC1.CC1CCC(C)CC1.Cc1ccc(C)c(C)c1C.Cc1ccc(C)cc1.[2HH].[B]. The summed E-state index contributed by atoms with van der Waals surface area (Å²) in [5.74, 6) is 6.12. The molecule has 0 heterocycles. The van der Waals surface area contributed by atoms with Gasteiger partial charge in [-0.1, -0.05) is 174 Å². The largest absolute Gasteiger partial charge is 0.0776 e. The summed E-state index contributed by atoms with van der Waals surface area (Å²) in [5.41, 5.74) is 8.30. The topological polar surface area (TPSA) is 0 Å². The lowest BCUT2D eigenvalue weighted by Crippen LogP contribution is -2.08. The van der Waals surface area contributed by atoms with Gasteiger partial charge in [0.25, 0.3) is 0 Å². The highest BCUT2D eigenvalue weighted by Crippen LogP contribution is 2.28. The lowest BCUT2D eigenvalue weighted by molar-refractivity contribution is 0.308. The van der Waals surface area contributed by atoms with E-state index < -0.39 is 0 Å². The van der Waals surface area contributed by atoms with Gasteiger partial charge in [-0.2, -0.15) is 0 Å². The molecule has 3 fully saturated rings. The summed E-state index contributed by atoms with van der Waals surface area (Å²) >= 11 is 0. The zero-order chi connectivity index (χ0) is 31.7. The Hall–Kier alpha value is -1.50. The summed E-state index contributed by atoms with van der Waals surface area (Å²) in [4.78, 5) is 0. The molecule has 0 bridgehead atoms. The van der Waals surface area contributed by atoms with Crippen LogP contribution < -0.4 is 0 Å². The van der Waals surface area contributed by atoms with Crippen LogP contribution in [-0.4, -0.2) is 8.41 Å². The summed E-state index contributed by atoms with van der Waals surface area (Å²) in [7, 11) is 0. The highest BCUT2D eigenvalue weighted by molar-refractivity contribution is 5.75. The molecule has 3 radical (unpaired) electrons. The molecule has 0 aliphatic heterocycles. The Labute approximate surface area is 282 Å². The average molecular weight is 607 g/mol. The molecule has 1 heteroatoms. The molecular weight excluding hydrogens is 527 g/mol. The van der Waals surface area contributed by atoms with Gasteiger partial charge in [0, 0.05) is 9.84 Å². The maximum atomic E-state index is 2.37. The van der Waals surface area contributed by atoms with Crippen LogP contribution in [-0.2, 0) is 0 Å².